The average molecular weight is 509 g/mol. The smallest absolute Gasteiger partial charge is 0.264 e. The fourth-order valence-corrected chi connectivity index (χ4v) is 5.57. The first kappa shape index (κ1) is 25.6. The van der Waals surface area contributed by atoms with E-state index in [0.29, 0.717) is 17.4 Å². The second kappa shape index (κ2) is 10.6. The van der Waals surface area contributed by atoms with Gasteiger partial charge in [0.15, 0.2) is 6.10 Å². The molecule has 0 saturated heterocycles. The van der Waals surface area contributed by atoms with Crippen LogP contribution in [0.15, 0.2) is 71.6 Å². The molecule has 190 valence electrons. The summed E-state index contributed by atoms with van der Waals surface area (Å²) in [5, 5.41) is 2.82. The Morgan fingerprint density at radius 3 is 2.47 bits per heavy atom. The Bertz CT molecular complexity index is 1340. The fourth-order valence-electron chi connectivity index (χ4n) is 4.10. The summed E-state index contributed by atoms with van der Waals surface area (Å²) in [5.74, 6) is 1.06. The topological polar surface area (TPSA) is 84.9 Å². The lowest BCUT2D eigenvalue weighted by Gasteiger charge is -2.35. The molecule has 1 N–H and O–H groups in total. The predicted octanol–water partition coefficient (Wildman–Crippen LogP) is 4.58. The molecule has 0 radical (unpaired) electrons. The highest BCUT2D eigenvalue weighted by Crippen LogP contribution is 2.37. The third kappa shape index (κ3) is 5.49. The van der Waals surface area contributed by atoms with E-state index in [4.69, 9.17) is 9.47 Å². The third-order valence-electron chi connectivity index (χ3n) is 6.09. The van der Waals surface area contributed by atoms with E-state index in [1.54, 1.807) is 36.4 Å². The minimum absolute atomic E-state index is 0.129. The molecule has 3 aromatic rings. The van der Waals surface area contributed by atoms with Crippen LogP contribution >= 0.6 is 0 Å². The molecule has 8 heteroatoms. The molecule has 1 aliphatic rings. The van der Waals surface area contributed by atoms with Crippen molar-refractivity contribution in [3.8, 4) is 11.5 Å². The SMILES string of the molecule is Cc1ccc(S(=O)(=O)N2C[C@H](C(=O)NCCOc3ccccc3C(C)C)Oc3ccc(C)cc32)cc1. The first-order valence-electron chi connectivity index (χ1n) is 12.0. The van der Waals surface area contributed by atoms with Gasteiger partial charge in [-0.3, -0.25) is 9.10 Å². The second-order valence-electron chi connectivity index (χ2n) is 9.26. The van der Waals surface area contributed by atoms with E-state index < -0.39 is 22.0 Å². The van der Waals surface area contributed by atoms with E-state index in [-0.39, 0.29) is 24.6 Å². The van der Waals surface area contributed by atoms with Gasteiger partial charge in [-0.15, -0.1) is 0 Å². The van der Waals surface area contributed by atoms with E-state index in [1.165, 1.54) is 4.31 Å². The number of amides is 1. The number of hydrogen-bond acceptors (Lipinski definition) is 5. The van der Waals surface area contributed by atoms with Crippen molar-refractivity contribution >= 4 is 21.6 Å². The number of fused-ring (bicyclic) bond motifs is 1. The van der Waals surface area contributed by atoms with Crippen LogP contribution in [0.2, 0.25) is 0 Å². The number of nitrogens with zero attached hydrogens (tertiary/aromatic N) is 1. The predicted molar refractivity (Wildman–Crippen MR) is 140 cm³/mol. The third-order valence-corrected chi connectivity index (χ3v) is 7.88. The van der Waals surface area contributed by atoms with Crippen LogP contribution in [-0.2, 0) is 14.8 Å². The number of carbonyl (C=O) groups is 1. The Hall–Kier alpha value is -3.52. The Labute approximate surface area is 213 Å². The van der Waals surface area contributed by atoms with Gasteiger partial charge in [0.2, 0.25) is 0 Å². The van der Waals surface area contributed by atoms with E-state index in [1.807, 2.05) is 44.2 Å². The molecule has 1 amide bonds. The summed E-state index contributed by atoms with van der Waals surface area (Å²) in [5.41, 5.74) is 3.38. The molecule has 1 heterocycles. The number of carbonyl (C=O) groups excluding carboxylic acids is 1. The number of hydrogen-bond donors (Lipinski definition) is 1. The lowest BCUT2D eigenvalue weighted by atomic mass is 10.0. The van der Waals surface area contributed by atoms with E-state index in [9.17, 15) is 13.2 Å². The molecular weight excluding hydrogens is 476 g/mol. The van der Waals surface area contributed by atoms with Crippen molar-refractivity contribution < 1.29 is 22.7 Å². The molecule has 3 aromatic carbocycles. The first-order chi connectivity index (χ1) is 17.2. The highest BCUT2D eigenvalue weighted by molar-refractivity contribution is 7.92. The lowest BCUT2D eigenvalue weighted by Crippen LogP contribution is -2.51. The first-order valence-corrected chi connectivity index (χ1v) is 13.5. The average Bonchev–Trinajstić information content (AvgIpc) is 2.86. The standard InChI is InChI=1S/C28H32N2O5S/c1-19(2)23-7-5-6-8-25(23)34-16-15-29-28(31)27-18-30(24-17-21(4)11-14-26(24)35-27)36(32,33)22-12-9-20(3)10-13-22/h5-14,17,19,27H,15-16,18H2,1-4H3,(H,29,31)/t27-/m1/s1. The normalized spacial score (nSPS) is 15.2. The molecule has 36 heavy (non-hydrogen) atoms. The Morgan fingerprint density at radius 2 is 1.75 bits per heavy atom. The summed E-state index contributed by atoms with van der Waals surface area (Å²) in [7, 11) is -3.90. The van der Waals surface area contributed by atoms with Crippen LogP contribution in [0.5, 0.6) is 11.5 Å². The van der Waals surface area contributed by atoms with Crippen molar-refractivity contribution in [1.82, 2.24) is 5.32 Å². The Kier molecular flexibility index (Phi) is 7.54. The molecule has 0 bridgehead atoms. The maximum absolute atomic E-state index is 13.6. The maximum atomic E-state index is 13.6. The van der Waals surface area contributed by atoms with Gasteiger partial charge in [-0.2, -0.15) is 0 Å². The van der Waals surface area contributed by atoms with Gasteiger partial charge in [0.05, 0.1) is 23.7 Å². The highest BCUT2D eigenvalue weighted by Gasteiger charge is 2.37. The van der Waals surface area contributed by atoms with Crippen molar-refractivity contribution in [2.75, 3.05) is 24.0 Å². The van der Waals surface area contributed by atoms with E-state index >= 15 is 0 Å². The summed E-state index contributed by atoms with van der Waals surface area (Å²) in [6, 6.07) is 19.8. The number of benzene rings is 3. The number of anilines is 1. The van der Waals surface area contributed by atoms with Crippen LogP contribution in [0.25, 0.3) is 0 Å². The van der Waals surface area contributed by atoms with Gasteiger partial charge in [-0.05, 0) is 61.2 Å². The van der Waals surface area contributed by atoms with Gasteiger partial charge in [0, 0.05) is 0 Å². The second-order valence-corrected chi connectivity index (χ2v) is 11.1. The highest BCUT2D eigenvalue weighted by atomic mass is 32.2. The van der Waals surface area contributed by atoms with Crippen molar-refractivity contribution in [2.45, 2.75) is 44.6 Å². The molecule has 4 rings (SSSR count). The molecule has 0 aromatic heterocycles. The Morgan fingerprint density at radius 1 is 1.06 bits per heavy atom. The number of nitrogens with one attached hydrogen (secondary N) is 1. The molecule has 0 fully saturated rings. The minimum Gasteiger partial charge on any atom is -0.491 e. The van der Waals surface area contributed by atoms with E-state index in [0.717, 1.165) is 22.4 Å². The maximum Gasteiger partial charge on any atom is 0.264 e. The van der Waals surface area contributed by atoms with Crippen LogP contribution in [0.4, 0.5) is 5.69 Å². The number of aryl methyl sites for hydroxylation is 2. The molecule has 1 atom stereocenters. The summed E-state index contributed by atoms with van der Waals surface area (Å²) in [6.07, 6.45) is -0.997. The van der Waals surface area contributed by atoms with Crippen LogP contribution in [0.1, 0.15) is 36.5 Å². The van der Waals surface area contributed by atoms with Crippen molar-refractivity contribution in [3.63, 3.8) is 0 Å². The van der Waals surface area contributed by atoms with Gasteiger partial charge < -0.3 is 14.8 Å². The van der Waals surface area contributed by atoms with Gasteiger partial charge >= 0.3 is 0 Å². The molecule has 7 nitrogen and oxygen atoms in total. The molecule has 0 saturated carbocycles. The number of ether oxygens (including phenoxy) is 2. The summed E-state index contributed by atoms with van der Waals surface area (Å²) in [6.45, 7) is 8.39. The van der Waals surface area contributed by atoms with Gasteiger partial charge in [0.1, 0.15) is 18.1 Å². The fraction of sp³-hybridized carbons (Fsp3) is 0.321. The minimum atomic E-state index is -3.90. The molecule has 1 aliphatic heterocycles. The number of para-hydroxylation sites is 1. The van der Waals surface area contributed by atoms with Gasteiger partial charge in [0.25, 0.3) is 15.9 Å². The molecule has 0 unspecified atom stereocenters. The molecule has 0 aliphatic carbocycles. The van der Waals surface area contributed by atoms with Crippen molar-refractivity contribution in [1.29, 1.82) is 0 Å². The van der Waals surface area contributed by atoms with Crippen molar-refractivity contribution in [2.24, 2.45) is 0 Å². The largest absolute Gasteiger partial charge is 0.491 e. The summed E-state index contributed by atoms with van der Waals surface area (Å²) < 4.78 is 40.2. The van der Waals surface area contributed by atoms with Gasteiger partial charge in [-0.1, -0.05) is 55.8 Å². The number of rotatable bonds is 8. The number of sulfonamides is 1. The van der Waals surface area contributed by atoms with Crippen LogP contribution in [-0.4, -0.2) is 40.1 Å². The van der Waals surface area contributed by atoms with Crippen molar-refractivity contribution in [3.05, 3.63) is 83.4 Å². The molecular formula is C28H32N2O5S. The van der Waals surface area contributed by atoms with Crippen LogP contribution in [0, 0.1) is 13.8 Å². The van der Waals surface area contributed by atoms with Gasteiger partial charge in [-0.25, -0.2) is 8.42 Å². The summed E-state index contributed by atoms with van der Waals surface area (Å²) in [4.78, 5) is 13.2. The zero-order valence-electron chi connectivity index (χ0n) is 21.0. The van der Waals surface area contributed by atoms with Crippen LogP contribution < -0.4 is 19.1 Å². The molecule has 0 spiro atoms. The Balaban J connectivity index is 1.48. The van der Waals surface area contributed by atoms with Crippen LogP contribution in [0.3, 0.4) is 0 Å². The zero-order valence-corrected chi connectivity index (χ0v) is 21.8. The zero-order chi connectivity index (χ0) is 25.9. The monoisotopic (exact) mass is 508 g/mol. The van der Waals surface area contributed by atoms with E-state index in [2.05, 4.69) is 19.2 Å². The summed E-state index contributed by atoms with van der Waals surface area (Å²) >= 11 is 0. The quantitative estimate of drug-likeness (QED) is 0.451. The lowest BCUT2D eigenvalue weighted by molar-refractivity contribution is -0.127.